The molecule has 43 heavy (non-hydrogen) atoms. The maximum Gasteiger partial charge on any atom is 0.405 e. The SMILES string of the molecule is NC(=O)c1nn(-c2ccc(COCC3CCCCN3)cc2)cc1NC(=O)c1coc(-c2ccnc(NCC(F)(F)F)c2)n1. The summed E-state index contributed by atoms with van der Waals surface area (Å²) in [6, 6.07) is 10.5. The molecule has 226 valence electrons. The number of oxazole rings is 1. The number of aromatic nitrogens is 4. The number of carbonyl (C=O) groups excluding carboxylic acids is 2. The van der Waals surface area contributed by atoms with Gasteiger partial charge in [0, 0.05) is 17.8 Å². The topological polar surface area (TPSA) is 162 Å². The van der Waals surface area contributed by atoms with E-state index >= 15 is 0 Å². The number of hydrogen-bond acceptors (Lipinski definition) is 9. The van der Waals surface area contributed by atoms with Crippen molar-refractivity contribution in [2.45, 2.75) is 38.1 Å². The summed E-state index contributed by atoms with van der Waals surface area (Å²) in [5.74, 6) is -1.64. The van der Waals surface area contributed by atoms with Crippen LogP contribution in [0.25, 0.3) is 17.1 Å². The Hall–Kier alpha value is -4.76. The molecule has 12 nitrogen and oxygen atoms in total. The Balaban J connectivity index is 1.23. The average Bonchev–Trinajstić information content (AvgIpc) is 3.65. The summed E-state index contributed by atoms with van der Waals surface area (Å²) in [6.45, 7) is 0.844. The third-order valence-electron chi connectivity index (χ3n) is 6.61. The highest BCUT2D eigenvalue weighted by Gasteiger charge is 2.27. The number of pyridine rings is 1. The second-order valence-corrected chi connectivity index (χ2v) is 9.92. The van der Waals surface area contributed by atoms with Gasteiger partial charge in [-0.2, -0.15) is 18.3 Å². The molecule has 2 amide bonds. The molecule has 1 aromatic carbocycles. The third kappa shape index (κ3) is 7.96. The molecular weight excluding hydrogens is 569 g/mol. The van der Waals surface area contributed by atoms with Crippen LogP contribution in [0.3, 0.4) is 0 Å². The molecule has 4 heterocycles. The molecule has 1 atom stereocenters. The van der Waals surface area contributed by atoms with Crippen LogP contribution in [0.1, 0.15) is 45.8 Å². The highest BCUT2D eigenvalue weighted by molar-refractivity contribution is 6.07. The number of primary amides is 1. The minimum absolute atomic E-state index is 0.0208. The van der Waals surface area contributed by atoms with Gasteiger partial charge in [-0.05, 0) is 49.2 Å². The third-order valence-corrected chi connectivity index (χ3v) is 6.61. The lowest BCUT2D eigenvalue weighted by atomic mass is 10.1. The van der Waals surface area contributed by atoms with E-state index in [1.54, 1.807) is 12.1 Å². The van der Waals surface area contributed by atoms with E-state index in [0.29, 0.717) is 30.5 Å². The van der Waals surface area contributed by atoms with Crippen LogP contribution in [0.2, 0.25) is 0 Å². The Morgan fingerprint density at radius 1 is 1.19 bits per heavy atom. The van der Waals surface area contributed by atoms with E-state index in [1.165, 1.54) is 42.0 Å². The number of halogens is 3. The number of nitrogens with zero attached hydrogens (tertiary/aromatic N) is 4. The monoisotopic (exact) mass is 598 g/mol. The average molecular weight is 599 g/mol. The van der Waals surface area contributed by atoms with Gasteiger partial charge >= 0.3 is 6.18 Å². The molecular formula is C28H29F3N8O4. The lowest BCUT2D eigenvalue weighted by molar-refractivity contribution is -0.115. The number of alkyl halides is 3. The molecule has 15 heteroatoms. The van der Waals surface area contributed by atoms with Crippen molar-refractivity contribution in [2.24, 2.45) is 5.73 Å². The maximum absolute atomic E-state index is 12.9. The van der Waals surface area contributed by atoms with Crippen LogP contribution in [0, 0.1) is 0 Å². The molecule has 1 saturated heterocycles. The molecule has 5 N–H and O–H groups in total. The van der Waals surface area contributed by atoms with E-state index in [2.05, 4.69) is 31.0 Å². The van der Waals surface area contributed by atoms with Gasteiger partial charge in [-0.3, -0.25) is 9.59 Å². The Labute approximate surface area is 243 Å². The van der Waals surface area contributed by atoms with E-state index in [1.807, 2.05) is 12.1 Å². The number of amides is 2. The number of hydrogen-bond donors (Lipinski definition) is 4. The van der Waals surface area contributed by atoms with Crippen molar-refractivity contribution < 1.29 is 31.9 Å². The van der Waals surface area contributed by atoms with Crippen LogP contribution in [-0.4, -0.2) is 63.5 Å². The van der Waals surface area contributed by atoms with Crippen LogP contribution in [0.4, 0.5) is 24.7 Å². The van der Waals surface area contributed by atoms with Gasteiger partial charge in [-0.25, -0.2) is 14.6 Å². The van der Waals surface area contributed by atoms with Gasteiger partial charge in [0.2, 0.25) is 5.89 Å². The van der Waals surface area contributed by atoms with Crippen molar-refractivity contribution in [3.63, 3.8) is 0 Å². The molecule has 1 aliphatic rings. The number of rotatable bonds is 11. The molecule has 0 saturated carbocycles. The smallest absolute Gasteiger partial charge is 0.405 e. The number of nitrogens with one attached hydrogen (secondary N) is 3. The summed E-state index contributed by atoms with van der Waals surface area (Å²) < 4.78 is 50.2. The largest absolute Gasteiger partial charge is 0.444 e. The van der Waals surface area contributed by atoms with Crippen LogP contribution >= 0.6 is 0 Å². The first-order valence-corrected chi connectivity index (χ1v) is 13.5. The summed E-state index contributed by atoms with van der Waals surface area (Å²) >= 11 is 0. The molecule has 1 aliphatic heterocycles. The van der Waals surface area contributed by atoms with E-state index in [-0.39, 0.29) is 28.8 Å². The Bertz CT molecular complexity index is 1560. The highest BCUT2D eigenvalue weighted by Crippen LogP contribution is 2.24. The molecule has 1 unspecified atom stereocenters. The van der Waals surface area contributed by atoms with Gasteiger partial charge in [0.25, 0.3) is 11.8 Å². The van der Waals surface area contributed by atoms with Gasteiger partial charge in [0.1, 0.15) is 18.6 Å². The normalized spacial score (nSPS) is 15.3. The zero-order valence-corrected chi connectivity index (χ0v) is 22.9. The summed E-state index contributed by atoms with van der Waals surface area (Å²) in [5.41, 5.74) is 7.13. The van der Waals surface area contributed by atoms with Gasteiger partial charge < -0.3 is 30.8 Å². The Morgan fingerprint density at radius 3 is 2.72 bits per heavy atom. The van der Waals surface area contributed by atoms with Crippen molar-refractivity contribution in [1.82, 2.24) is 25.1 Å². The number of benzene rings is 1. The van der Waals surface area contributed by atoms with Gasteiger partial charge in [0.15, 0.2) is 11.4 Å². The molecule has 3 aromatic heterocycles. The quantitative estimate of drug-likeness (QED) is 0.201. The predicted octanol–water partition coefficient (Wildman–Crippen LogP) is 3.91. The van der Waals surface area contributed by atoms with E-state index in [9.17, 15) is 22.8 Å². The second-order valence-electron chi connectivity index (χ2n) is 9.92. The number of ether oxygens (including phenoxy) is 1. The van der Waals surface area contributed by atoms with E-state index in [4.69, 9.17) is 14.9 Å². The zero-order valence-electron chi connectivity index (χ0n) is 22.9. The molecule has 5 rings (SSSR count). The lowest BCUT2D eigenvalue weighted by Crippen LogP contribution is -2.37. The molecule has 0 radical (unpaired) electrons. The molecule has 1 fully saturated rings. The summed E-state index contributed by atoms with van der Waals surface area (Å²) in [7, 11) is 0. The standard InChI is InChI=1S/C28H29F3N8O4/c29-28(30,31)16-35-23-11-18(8-10-34-23)27-37-22(15-43-27)26(41)36-21-12-39(38-24(21)25(32)40)20-6-4-17(5-7-20)13-42-14-19-3-1-2-9-33-19/h4-8,10-12,15,19,33H,1-3,9,13-14,16H2,(H2,32,40)(H,34,35)(H,36,41). The first-order valence-electron chi connectivity index (χ1n) is 13.5. The predicted molar refractivity (Wildman–Crippen MR) is 150 cm³/mol. The fourth-order valence-corrected chi connectivity index (χ4v) is 4.46. The fraction of sp³-hybridized carbons (Fsp3) is 0.321. The second kappa shape index (κ2) is 13.0. The maximum atomic E-state index is 12.9. The Morgan fingerprint density at radius 2 is 2.00 bits per heavy atom. The number of nitrogens with two attached hydrogens (primary N) is 1. The van der Waals surface area contributed by atoms with Crippen LogP contribution in [-0.2, 0) is 11.3 Å². The zero-order chi connectivity index (χ0) is 30.4. The van der Waals surface area contributed by atoms with Crippen molar-refractivity contribution in [1.29, 1.82) is 0 Å². The first-order chi connectivity index (χ1) is 20.6. The molecule has 0 bridgehead atoms. The van der Waals surface area contributed by atoms with E-state index in [0.717, 1.165) is 24.8 Å². The van der Waals surface area contributed by atoms with Crippen LogP contribution < -0.4 is 21.7 Å². The Kier molecular flexibility index (Phi) is 9.01. The minimum Gasteiger partial charge on any atom is -0.444 e. The molecule has 4 aromatic rings. The summed E-state index contributed by atoms with van der Waals surface area (Å²) in [4.78, 5) is 33.0. The van der Waals surface area contributed by atoms with Gasteiger partial charge in [-0.15, -0.1) is 0 Å². The lowest BCUT2D eigenvalue weighted by Gasteiger charge is -2.23. The van der Waals surface area contributed by atoms with Crippen molar-refractivity contribution in [2.75, 3.05) is 30.3 Å². The number of piperidine rings is 1. The van der Waals surface area contributed by atoms with Gasteiger partial charge in [-0.1, -0.05) is 18.6 Å². The van der Waals surface area contributed by atoms with Crippen molar-refractivity contribution in [3.8, 4) is 17.1 Å². The number of anilines is 2. The molecule has 0 spiro atoms. The van der Waals surface area contributed by atoms with Crippen LogP contribution in [0.5, 0.6) is 0 Å². The van der Waals surface area contributed by atoms with Crippen molar-refractivity contribution >= 4 is 23.3 Å². The first kappa shape index (κ1) is 29.7. The summed E-state index contributed by atoms with van der Waals surface area (Å²) in [6.07, 6.45) is 2.88. The number of carbonyl (C=O) groups is 2. The fourth-order valence-electron chi connectivity index (χ4n) is 4.46. The summed E-state index contributed by atoms with van der Waals surface area (Å²) in [5, 5.41) is 12.4. The van der Waals surface area contributed by atoms with Gasteiger partial charge in [0.05, 0.1) is 30.8 Å². The highest BCUT2D eigenvalue weighted by atomic mass is 19.4. The van der Waals surface area contributed by atoms with E-state index < -0.39 is 24.5 Å². The van der Waals surface area contributed by atoms with Crippen LogP contribution in [0.15, 0.2) is 59.5 Å². The molecule has 0 aliphatic carbocycles. The van der Waals surface area contributed by atoms with Crippen molar-refractivity contribution in [3.05, 3.63) is 72.0 Å². The minimum atomic E-state index is -4.42.